The number of halogens is 1. The third-order valence-corrected chi connectivity index (χ3v) is 5.95. The molecule has 7 nitrogen and oxygen atoms in total. The number of fused-ring (bicyclic) bond motifs is 1. The van der Waals surface area contributed by atoms with Crippen molar-refractivity contribution < 1.29 is 4.79 Å². The summed E-state index contributed by atoms with van der Waals surface area (Å²) in [5.74, 6) is 1.50. The van der Waals surface area contributed by atoms with E-state index in [4.69, 9.17) is 0 Å². The molecule has 8 heteroatoms. The molecule has 27 heavy (non-hydrogen) atoms. The number of amides is 1. The molecule has 2 aromatic rings. The van der Waals surface area contributed by atoms with Crippen molar-refractivity contribution >= 4 is 24.0 Å². The van der Waals surface area contributed by atoms with E-state index in [1.807, 2.05) is 28.9 Å². The maximum Gasteiger partial charge on any atom is 0.241 e. The van der Waals surface area contributed by atoms with E-state index in [0.29, 0.717) is 18.0 Å². The standard InChI is InChI=1S/C19H24N6O.ClH/c26-19(17-11-12-4-1-2-7-16(12)21-17)20-14-6-3-5-13(10-14)18-22-23-24-25(18)15-8-9-15;/h3,5-6,10,12,15-17,21H,1-2,4,7-9,11H2,(H,20,26);1H. The third kappa shape index (κ3) is 3.71. The topological polar surface area (TPSA) is 84.7 Å². The summed E-state index contributed by atoms with van der Waals surface area (Å²) in [5, 5.41) is 18.7. The Labute approximate surface area is 164 Å². The first-order valence-electron chi connectivity index (χ1n) is 9.73. The maximum atomic E-state index is 12.7. The number of tetrazole rings is 1. The van der Waals surface area contributed by atoms with Gasteiger partial charge >= 0.3 is 0 Å². The summed E-state index contributed by atoms with van der Waals surface area (Å²) in [7, 11) is 0. The Kier molecular flexibility index (Phi) is 5.14. The summed E-state index contributed by atoms with van der Waals surface area (Å²) in [6.07, 6.45) is 8.24. The van der Waals surface area contributed by atoms with Crippen LogP contribution in [0.2, 0.25) is 0 Å². The number of rotatable bonds is 4. The Morgan fingerprint density at radius 1 is 1.19 bits per heavy atom. The predicted molar refractivity (Wildman–Crippen MR) is 105 cm³/mol. The monoisotopic (exact) mass is 388 g/mol. The van der Waals surface area contributed by atoms with Crippen LogP contribution in [-0.2, 0) is 4.79 Å². The molecule has 1 aromatic heterocycles. The van der Waals surface area contributed by atoms with Gasteiger partial charge in [0.25, 0.3) is 0 Å². The summed E-state index contributed by atoms with van der Waals surface area (Å²) in [6, 6.07) is 8.68. The summed E-state index contributed by atoms with van der Waals surface area (Å²) >= 11 is 0. The molecule has 2 heterocycles. The minimum Gasteiger partial charge on any atom is -0.325 e. The highest BCUT2D eigenvalue weighted by molar-refractivity contribution is 5.95. The van der Waals surface area contributed by atoms with E-state index in [-0.39, 0.29) is 24.4 Å². The number of carbonyl (C=O) groups is 1. The van der Waals surface area contributed by atoms with Crippen LogP contribution in [0.4, 0.5) is 5.69 Å². The number of anilines is 1. The molecule has 1 aromatic carbocycles. The number of benzene rings is 1. The van der Waals surface area contributed by atoms with Crippen molar-refractivity contribution in [2.24, 2.45) is 5.92 Å². The summed E-state index contributed by atoms with van der Waals surface area (Å²) in [5.41, 5.74) is 1.74. The van der Waals surface area contributed by atoms with Crippen molar-refractivity contribution in [3.05, 3.63) is 24.3 Å². The SMILES string of the molecule is Cl.O=C(Nc1cccc(-c2nnnn2C2CC2)c1)C1CC2CCCCC2N1. The second-order valence-electron chi connectivity index (χ2n) is 7.85. The first-order chi connectivity index (χ1) is 12.8. The molecule has 3 atom stereocenters. The highest BCUT2D eigenvalue weighted by Gasteiger charge is 2.38. The second-order valence-corrected chi connectivity index (χ2v) is 7.85. The zero-order valence-corrected chi connectivity index (χ0v) is 16.0. The van der Waals surface area contributed by atoms with E-state index in [2.05, 4.69) is 26.2 Å². The van der Waals surface area contributed by atoms with Gasteiger partial charge in [0.2, 0.25) is 5.91 Å². The fraction of sp³-hybridized carbons (Fsp3) is 0.579. The van der Waals surface area contributed by atoms with E-state index in [0.717, 1.165) is 36.3 Å². The number of aromatic nitrogens is 4. The lowest BCUT2D eigenvalue weighted by molar-refractivity contribution is -0.117. The number of hydrogen-bond acceptors (Lipinski definition) is 5. The lowest BCUT2D eigenvalue weighted by Gasteiger charge is -2.24. The molecule has 2 aliphatic carbocycles. The third-order valence-electron chi connectivity index (χ3n) is 5.95. The van der Waals surface area contributed by atoms with Crippen molar-refractivity contribution in [1.29, 1.82) is 0 Å². The second kappa shape index (κ2) is 7.56. The molecule has 0 radical (unpaired) electrons. The van der Waals surface area contributed by atoms with Crippen molar-refractivity contribution in [2.75, 3.05) is 5.32 Å². The highest BCUT2D eigenvalue weighted by atomic mass is 35.5. The van der Waals surface area contributed by atoms with Crippen LogP contribution in [-0.4, -0.2) is 38.2 Å². The van der Waals surface area contributed by atoms with Crippen molar-refractivity contribution in [1.82, 2.24) is 25.5 Å². The van der Waals surface area contributed by atoms with Gasteiger partial charge in [0, 0.05) is 17.3 Å². The van der Waals surface area contributed by atoms with Gasteiger partial charge in [-0.2, -0.15) is 0 Å². The molecule has 1 amide bonds. The van der Waals surface area contributed by atoms with E-state index >= 15 is 0 Å². The first kappa shape index (κ1) is 18.4. The normalized spacial score (nSPS) is 26.9. The van der Waals surface area contributed by atoms with E-state index in [1.165, 1.54) is 25.7 Å². The van der Waals surface area contributed by atoms with Crippen LogP contribution in [0.5, 0.6) is 0 Å². The lowest BCUT2D eigenvalue weighted by atomic mass is 9.85. The Morgan fingerprint density at radius 3 is 2.85 bits per heavy atom. The zero-order chi connectivity index (χ0) is 17.5. The molecule has 3 aliphatic rings. The Morgan fingerprint density at radius 2 is 2.04 bits per heavy atom. The van der Waals surface area contributed by atoms with Crippen LogP contribution in [0.15, 0.2) is 24.3 Å². The Balaban J connectivity index is 0.00000180. The van der Waals surface area contributed by atoms with Crippen LogP contribution in [0.1, 0.15) is 51.0 Å². The van der Waals surface area contributed by atoms with Gasteiger partial charge in [-0.05, 0) is 60.6 Å². The van der Waals surface area contributed by atoms with Gasteiger partial charge in [0.1, 0.15) is 0 Å². The van der Waals surface area contributed by atoms with Crippen molar-refractivity contribution in [3.63, 3.8) is 0 Å². The van der Waals surface area contributed by atoms with Gasteiger partial charge < -0.3 is 10.6 Å². The number of carbonyl (C=O) groups excluding carboxylic acids is 1. The molecular formula is C19H25ClN6O. The number of hydrogen-bond donors (Lipinski definition) is 2. The smallest absolute Gasteiger partial charge is 0.241 e. The molecule has 1 saturated heterocycles. The van der Waals surface area contributed by atoms with Crippen molar-refractivity contribution in [3.8, 4) is 11.4 Å². The molecule has 1 aliphatic heterocycles. The number of nitrogens with zero attached hydrogens (tertiary/aromatic N) is 4. The van der Waals surface area contributed by atoms with Crippen LogP contribution < -0.4 is 10.6 Å². The van der Waals surface area contributed by atoms with Crippen LogP contribution in [0, 0.1) is 5.92 Å². The zero-order valence-electron chi connectivity index (χ0n) is 15.2. The Bertz CT molecular complexity index is 806. The van der Waals surface area contributed by atoms with E-state index < -0.39 is 0 Å². The van der Waals surface area contributed by atoms with Crippen LogP contribution in [0.25, 0.3) is 11.4 Å². The van der Waals surface area contributed by atoms with Crippen molar-refractivity contribution in [2.45, 2.75) is 63.1 Å². The lowest BCUT2D eigenvalue weighted by Crippen LogP contribution is -2.39. The van der Waals surface area contributed by atoms with Crippen LogP contribution in [0.3, 0.4) is 0 Å². The van der Waals surface area contributed by atoms with Crippen LogP contribution >= 0.6 is 12.4 Å². The first-order valence-corrected chi connectivity index (χ1v) is 9.73. The summed E-state index contributed by atoms with van der Waals surface area (Å²) in [6.45, 7) is 0. The quantitative estimate of drug-likeness (QED) is 0.841. The predicted octanol–water partition coefficient (Wildman–Crippen LogP) is 2.96. The minimum absolute atomic E-state index is 0. The average molecular weight is 389 g/mol. The largest absolute Gasteiger partial charge is 0.325 e. The fourth-order valence-electron chi connectivity index (χ4n) is 4.44. The average Bonchev–Trinajstić information content (AvgIpc) is 3.22. The molecule has 3 unspecified atom stereocenters. The molecule has 5 rings (SSSR count). The molecule has 2 saturated carbocycles. The fourth-order valence-corrected chi connectivity index (χ4v) is 4.44. The van der Waals surface area contributed by atoms with E-state index in [9.17, 15) is 4.79 Å². The molecule has 3 fully saturated rings. The van der Waals surface area contributed by atoms with Gasteiger partial charge in [0.15, 0.2) is 5.82 Å². The molecule has 144 valence electrons. The minimum atomic E-state index is -0.0801. The van der Waals surface area contributed by atoms with Gasteiger partial charge in [0.05, 0.1) is 12.1 Å². The molecular weight excluding hydrogens is 364 g/mol. The van der Waals surface area contributed by atoms with Gasteiger partial charge in [-0.15, -0.1) is 17.5 Å². The molecule has 2 N–H and O–H groups in total. The maximum absolute atomic E-state index is 12.7. The molecule has 0 spiro atoms. The van der Waals surface area contributed by atoms with Gasteiger partial charge in [-0.1, -0.05) is 25.0 Å². The van der Waals surface area contributed by atoms with E-state index in [1.54, 1.807) is 0 Å². The summed E-state index contributed by atoms with van der Waals surface area (Å²) < 4.78 is 1.89. The summed E-state index contributed by atoms with van der Waals surface area (Å²) in [4.78, 5) is 12.7. The van der Waals surface area contributed by atoms with Gasteiger partial charge in [-0.25, -0.2) is 4.68 Å². The van der Waals surface area contributed by atoms with Gasteiger partial charge in [-0.3, -0.25) is 4.79 Å². The highest BCUT2D eigenvalue weighted by Crippen LogP contribution is 2.37. The molecule has 0 bridgehead atoms. The number of nitrogens with one attached hydrogen (secondary N) is 2. The Hall–Kier alpha value is -1.99.